The van der Waals surface area contributed by atoms with Crippen molar-refractivity contribution in [1.82, 2.24) is 9.88 Å². The zero-order valence-electron chi connectivity index (χ0n) is 14.2. The first-order valence-electron chi connectivity index (χ1n) is 8.19. The van der Waals surface area contributed by atoms with Gasteiger partial charge in [0.1, 0.15) is 16.5 Å². The van der Waals surface area contributed by atoms with E-state index in [0.29, 0.717) is 25.5 Å². The zero-order valence-corrected chi connectivity index (χ0v) is 15.0. The monoisotopic (exact) mass is 346 g/mol. The molecule has 5 nitrogen and oxygen atoms in total. The van der Waals surface area contributed by atoms with E-state index < -0.39 is 0 Å². The summed E-state index contributed by atoms with van der Waals surface area (Å²) in [5, 5.41) is 2.68. The Morgan fingerprint density at radius 2 is 2.12 bits per heavy atom. The van der Waals surface area contributed by atoms with Crippen LogP contribution in [0.2, 0.25) is 0 Å². The minimum absolute atomic E-state index is 0.0221. The lowest BCUT2D eigenvalue weighted by Gasteiger charge is -2.36. The second-order valence-electron chi connectivity index (χ2n) is 5.95. The van der Waals surface area contributed by atoms with Crippen molar-refractivity contribution in [1.29, 1.82) is 0 Å². The van der Waals surface area contributed by atoms with Crippen molar-refractivity contribution in [3.05, 3.63) is 35.3 Å². The fourth-order valence-electron chi connectivity index (χ4n) is 2.70. The Hall–Kier alpha value is -1.92. The van der Waals surface area contributed by atoms with E-state index >= 15 is 0 Å². The highest BCUT2D eigenvalue weighted by Gasteiger charge is 2.29. The largest absolute Gasteiger partial charge is 0.494 e. The van der Waals surface area contributed by atoms with Crippen LogP contribution in [0.4, 0.5) is 0 Å². The van der Waals surface area contributed by atoms with E-state index in [9.17, 15) is 4.79 Å². The minimum Gasteiger partial charge on any atom is -0.494 e. The van der Waals surface area contributed by atoms with Gasteiger partial charge in [0.15, 0.2) is 0 Å². The number of ether oxygens (including phenoxy) is 2. The molecule has 1 amide bonds. The number of rotatable bonds is 4. The Labute approximate surface area is 146 Å². The van der Waals surface area contributed by atoms with E-state index in [1.165, 1.54) is 11.3 Å². The number of hydrogen-bond acceptors (Lipinski definition) is 5. The lowest BCUT2D eigenvalue weighted by molar-refractivity contribution is -0.0388. The number of morpholine rings is 1. The highest BCUT2D eigenvalue weighted by Crippen LogP contribution is 2.27. The average Bonchev–Trinajstić information content (AvgIpc) is 3.07. The van der Waals surface area contributed by atoms with Crippen molar-refractivity contribution < 1.29 is 14.3 Å². The number of aromatic nitrogens is 1. The number of nitrogens with zero attached hydrogens (tertiary/aromatic N) is 2. The summed E-state index contributed by atoms with van der Waals surface area (Å²) in [6, 6.07) is 7.86. The van der Waals surface area contributed by atoms with Gasteiger partial charge in [0.05, 0.1) is 25.4 Å². The van der Waals surface area contributed by atoms with Crippen LogP contribution in [0.1, 0.15) is 31.3 Å². The molecule has 1 aliphatic heterocycles. The van der Waals surface area contributed by atoms with Crippen molar-refractivity contribution >= 4 is 17.2 Å². The van der Waals surface area contributed by atoms with Gasteiger partial charge < -0.3 is 14.4 Å². The standard InChI is InChI=1S/C18H22N2O3S/c1-4-22-15-7-5-14(6-8-15)17-19-16(11-24-17)18(21)20-9-13(3)23-10-12(20)2/h5-8,11-13H,4,9-10H2,1-3H3/t12-,13+/m0/s1. The van der Waals surface area contributed by atoms with Gasteiger partial charge in [-0.3, -0.25) is 4.79 Å². The predicted molar refractivity (Wildman–Crippen MR) is 94.6 cm³/mol. The number of benzene rings is 1. The third-order valence-corrected chi connectivity index (χ3v) is 4.90. The van der Waals surface area contributed by atoms with Crippen LogP contribution in [0, 0.1) is 0 Å². The van der Waals surface area contributed by atoms with E-state index in [2.05, 4.69) is 4.98 Å². The molecule has 1 aromatic carbocycles. The quantitative estimate of drug-likeness (QED) is 0.851. The average molecular weight is 346 g/mol. The summed E-state index contributed by atoms with van der Waals surface area (Å²) in [5.74, 6) is 0.816. The molecule has 1 aromatic heterocycles. The molecule has 0 radical (unpaired) electrons. The van der Waals surface area contributed by atoms with Crippen molar-refractivity contribution in [3.63, 3.8) is 0 Å². The van der Waals surface area contributed by atoms with E-state index in [1.54, 1.807) is 0 Å². The summed E-state index contributed by atoms with van der Waals surface area (Å²) >= 11 is 1.49. The van der Waals surface area contributed by atoms with Crippen LogP contribution in [0.25, 0.3) is 10.6 Å². The first kappa shape index (κ1) is 16.9. The van der Waals surface area contributed by atoms with Gasteiger partial charge in [-0.25, -0.2) is 4.98 Å². The molecule has 0 saturated carbocycles. The number of hydrogen-bond donors (Lipinski definition) is 0. The topological polar surface area (TPSA) is 51.7 Å². The molecule has 1 aliphatic rings. The molecule has 0 aliphatic carbocycles. The predicted octanol–water partition coefficient (Wildman–Crippen LogP) is 3.46. The molecule has 24 heavy (non-hydrogen) atoms. The maximum absolute atomic E-state index is 12.7. The first-order valence-corrected chi connectivity index (χ1v) is 9.07. The van der Waals surface area contributed by atoms with Crippen LogP contribution in [0.3, 0.4) is 0 Å². The van der Waals surface area contributed by atoms with Crippen LogP contribution in [0.15, 0.2) is 29.6 Å². The van der Waals surface area contributed by atoms with Gasteiger partial charge >= 0.3 is 0 Å². The second-order valence-corrected chi connectivity index (χ2v) is 6.80. The Morgan fingerprint density at radius 3 is 2.83 bits per heavy atom. The maximum atomic E-state index is 12.7. The zero-order chi connectivity index (χ0) is 17.1. The van der Waals surface area contributed by atoms with E-state index in [4.69, 9.17) is 9.47 Å². The van der Waals surface area contributed by atoms with Crippen LogP contribution >= 0.6 is 11.3 Å². The van der Waals surface area contributed by atoms with Gasteiger partial charge in [0.25, 0.3) is 5.91 Å². The molecule has 0 unspecified atom stereocenters. The number of thiazole rings is 1. The van der Waals surface area contributed by atoms with E-state index in [-0.39, 0.29) is 18.1 Å². The van der Waals surface area contributed by atoms with Crippen molar-refractivity contribution in [2.45, 2.75) is 32.9 Å². The maximum Gasteiger partial charge on any atom is 0.273 e. The molecular formula is C18H22N2O3S. The van der Waals surface area contributed by atoms with E-state index in [1.807, 2.05) is 55.3 Å². The molecule has 0 spiro atoms. The highest BCUT2D eigenvalue weighted by molar-refractivity contribution is 7.13. The van der Waals surface area contributed by atoms with Crippen LogP contribution in [-0.4, -0.2) is 47.7 Å². The summed E-state index contributed by atoms with van der Waals surface area (Å²) in [4.78, 5) is 19.1. The summed E-state index contributed by atoms with van der Waals surface area (Å²) in [7, 11) is 0. The summed E-state index contributed by atoms with van der Waals surface area (Å²) in [5.41, 5.74) is 1.50. The molecule has 0 N–H and O–H groups in total. The lowest BCUT2D eigenvalue weighted by atomic mass is 10.2. The Morgan fingerprint density at radius 1 is 1.38 bits per heavy atom. The normalized spacial score (nSPS) is 20.9. The summed E-state index contributed by atoms with van der Waals surface area (Å²) < 4.78 is 11.0. The Kier molecular flexibility index (Phi) is 5.16. The van der Waals surface area contributed by atoms with Crippen molar-refractivity contribution in [3.8, 4) is 16.3 Å². The molecule has 128 valence electrons. The molecule has 2 heterocycles. The number of carbonyl (C=O) groups excluding carboxylic acids is 1. The van der Waals surface area contributed by atoms with Crippen molar-refractivity contribution in [2.24, 2.45) is 0 Å². The molecule has 2 aromatic rings. The fourth-order valence-corrected chi connectivity index (χ4v) is 3.50. The lowest BCUT2D eigenvalue weighted by Crippen LogP contribution is -2.50. The molecular weight excluding hydrogens is 324 g/mol. The number of carbonyl (C=O) groups is 1. The molecule has 6 heteroatoms. The molecule has 1 saturated heterocycles. The van der Waals surface area contributed by atoms with Crippen LogP contribution < -0.4 is 4.74 Å². The molecule has 2 atom stereocenters. The van der Waals surface area contributed by atoms with Crippen molar-refractivity contribution in [2.75, 3.05) is 19.8 Å². The summed E-state index contributed by atoms with van der Waals surface area (Å²) in [6.07, 6.45) is 0.0642. The van der Waals surface area contributed by atoms with Gasteiger partial charge in [-0.15, -0.1) is 11.3 Å². The van der Waals surface area contributed by atoms with Crippen LogP contribution in [-0.2, 0) is 4.74 Å². The van der Waals surface area contributed by atoms with Gasteiger partial charge in [0.2, 0.25) is 0 Å². The SMILES string of the molecule is CCOc1ccc(-c2nc(C(=O)N3C[C@@H](C)OC[C@@H]3C)cs2)cc1. The smallest absolute Gasteiger partial charge is 0.273 e. The van der Waals surface area contributed by atoms with Gasteiger partial charge in [-0.1, -0.05) is 0 Å². The van der Waals surface area contributed by atoms with Gasteiger partial charge in [-0.05, 0) is 45.0 Å². The fraction of sp³-hybridized carbons (Fsp3) is 0.444. The van der Waals surface area contributed by atoms with Crippen LogP contribution in [0.5, 0.6) is 5.75 Å². The molecule has 0 bridgehead atoms. The summed E-state index contributed by atoms with van der Waals surface area (Å²) in [6.45, 7) is 7.77. The van der Waals surface area contributed by atoms with Gasteiger partial charge in [0, 0.05) is 17.5 Å². The third-order valence-electron chi connectivity index (χ3n) is 4.00. The van der Waals surface area contributed by atoms with Gasteiger partial charge in [-0.2, -0.15) is 0 Å². The third kappa shape index (κ3) is 3.60. The molecule has 1 fully saturated rings. The number of amides is 1. The Balaban J connectivity index is 1.76. The highest BCUT2D eigenvalue weighted by atomic mass is 32.1. The van der Waals surface area contributed by atoms with E-state index in [0.717, 1.165) is 16.3 Å². The Bertz CT molecular complexity index is 699. The first-order chi connectivity index (χ1) is 11.6. The molecule has 3 rings (SSSR count). The minimum atomic E-state index is -0.0221. The second kappa shape index (κ2) is 7.32.